The molecular weight excluding hydrogens is 328 g/mol. The number of hydrogen-bond acceptors (Lipinski definition) is 3. The van der Waals surface area contributed by atoms with Crippen molar-refractivity contribution in [1.29, 1.82) is 0 Å². The van der Waals surface area contributed by atoms with Crippen LogP contribution in [0.5, 0.6) is 0 Å². The summed E-state index contributed by atoms with van der Waals surface area (Å²) in [6.45, 7) is 3.76. The number of benzene rings is 2. The standard InChI is InChI=1S/C21H24N2O3/c1-16-8-10-17(11-9-16)14-22-12-13-23(15-19(22)24)21(25)20(26-2)18-6-4-3-5-7-18/h3-11,20H,12-15H2,1-2H3/t20-/m0/s1. The molecule has 0 spiro atoms. The van der Waals surface area contributed by atoms with Gasteiger partial charge >= 0.3 is 0 Å². The van der Waals surface area contributed by atoms with Gasteiger partial charge in [0.25, 0.3) is 5.91 Å². The lowest BCUT2D eigenvalue weighted by atomic mass is 10.1. The van der Waals surface area contributed by atoms with Crippen LogP contribution in [-0.4, -0.2) is 48.4 Å². The van der Waals surface area contributed by atoms with E-state index < -0.39 is 6.10 Å². The van der Waals surface area contributed by atoms with Crippen LogP contribution < -0.4 is 0 Å². The van der Waals surface area contributed by atoms with Crippen molar-refractivity contribution < 1.29 is 14.3 Å². The molecule has 0 bridgehead atoms. The second-order valence-corrected chi connectivity index (χ2v) is 6.59. The summed E-state index contributed by atoms with van der Waals surface area (Å²) in [4.78, 5) is 28.7. The summed E-state index contributed by atoms with van der Waals surface area (Å²) in [6, 6.07) is 17.5. The van der Waals surface area contributed by atoms with E-state index in [-0.39, 0.29) is 18.4 Å². The highest BCUT2D eigenvalue weighted by Gasteiger charge is 2.32. The molecular formula is C21H24N2O3. The van der Waals surface area contributed by atoms with Crippen molar-refractivity contribution in [3.8, 4) is 0 Å². The Morgan fingerprint density at radius 1 is 1.08 bits per heavy atom. The maximum absolute atomic E-state index is 12.8. The Balaban J connectivity index is 1.63. The summed E-state index contributed by atoms with van der Waals surface area (Å²) in [6.07, 6.45) is -0.673. The van der Waals surface area contributed by atoms with Crippen LogP contribution in [0.1, 0.15) is 22.8 Å². The molecule has 2 aromatic carbocycles. The van der Waals surface area contributed by atoms with Crippen LogP contribution in [-0.2, 0) is 20.9 Å². The highest BCUT2D eigenvalue weighted by molar-refractivity contribution is 5.88. The van der Waals surface area contributed by atoms with Crippen LogP contribution in [0.2, 0.25) is 0 Å². The number of carbonyl (C=O) groups is 2. The fourth-order valence-electron chi connectivity index (χ4n) is 3.15. The zero-order chi connectivity index (χ0) is 18.5. The minimum atomic E-state index is -0.673. The van der Waals surface area contributed by atoms with Crippen LogP contribution >= 0.6 is 0 Å². The molecule has 1 fully saturated rings. The Labute approximate surface area is 154 Å². The molecule has 2 aromatic rings. The van der Waals surface area contributed by atoms with Gasteiger partial charge in [-0.15, -0.1) is 0 Å². The summed E-state index contributed by atoms with van der Waals surface area (Å²) in [5.74, 6) is -0.199. The maximum atomic E-state index is 12.8. The van der Waals surface area contributed by atoms with Crippen LogP contribution in [0.15, 0.2) is 54.6 Å². The molecule has 5 heteroatoms. The number of hydrogen-bond donors (Lipinski definition) is 0. The van der Waals surface area contributed by atoms with E-state index in [0.717, 1.165) is 11.1 Å². The Bertz CT molecular complexity index is 759. The topological polar surface area (TPSA) is 49.9 Å². The second kappa shape index (κ2) is 8.15. The van der Waals surface area contributed by atoms with Gasteiger partial charge in [-0.3, -0.25) is 9.59 Å². The Morgan fingerprint density at radius 3 is 2.38 bits per heavy atom. The number of nitrogens with zero attached hydrogens (tertiary/aromatic N) is 2. The number of carbonyl (C=O) groups excluding carboxylic acids is 2. The predicted octanol–water partition coefficient (Wildman–Crippen LogP) is 2.55. The number of rotatable bonds is 5. The number of piperazine rings is 1. The molecule has 0 aliphatic carbocycles. The van der Waals surface area contributed by atoms with Crippen LogP contribution in [0.25, 0.3) is 0 Å². The lowest BCUT2D eigenvalue weighted by Gasteiger charge is -2.35. The molecule has 1 aliphatic rings. The molecule has 1 heterocycles. The SMILES string of the molecule is CO[C@H](C(=O)N1CCN(Cc2ccc(C)cc2)C(=O)C1)c1ccccc1. The third-order valence-electron chi connectivity index (χ3n) is 4.69. The minimum absolute atomic E-state index is 0.0342. The predicted molar refractivity (Wildman–Crippen MR) is 99.4 cm³/mol. The van der Waals surface area contributed by atoms with E-state index in [1.54, 1.807) is 9.80 Å². The number of methoxy groups -OCH3 is 1. The summed E-state index contributed by atoms with van der Waals surface area (Å²) >= 11 is 0. The largest absolute Gasteiger partial charge is 0.367 e. The summed E-state index contributed by atoms with van der Waals surface area (Å²) in [5.41, 5.74) is 3.10. The van der Waals surface area contributed by atoms with Crippen LogP contribution in [0, 0.1) is 6.92 Å². The Kier molecular flexibility index (Phi) is 5.68. The van der Waals surface area contributed by atoms with Gasteiger partial charge in [0.2, 0.25) is 5.91 Å². The van der Waals surface area contributed by atoms with E-state index in [2.05, 4.69) is 0 Å². The Morgan fingerprint density at radius 2 is 1.77 bits per heavy atom. The molecule has 1 saturated heterocycles. The van der Waals surface area contributed by atoms with Gasteiger partial charge < -0.3 is 14.5 Å². The lowest BCUT2D eigenvalue weighted by Crippen LogP contribution is -2.53. The molecule has 1 atom stereocenters. The van der Waals surface area contributed by atoms with E-state index in [4.69, 9.17) is 4.74 Å². The summed E-state index contributed by atoms with van der Waals surface area (Å²) in [5, 5.41) is 0. The first-order valence-electron chi connectivity index (χ1n) is 8.78. The van der Waals surface area contributed by atoms with E-state index in [9.17, 15) is 9.59 Å². The van der Waals surface area contributed by atoms with Crippen molar-refractivity contribution in [3.63, 3.8) is 0 Å². The molecule has 2 amide bonds. The summed E-state index contributed by atoms with van der Waals surface area (Å²) in [7, 11) is 1.52. The molecule has 0 aromatic heterocycles. The highest BCUT2D eigenvalue weighted by atomic mass is 16.5. The number of ether oxygens (including phenoxy) is 1. The zero-order valence-corrected chi connectivity index (χ0v) is 15.2. The van der Waals surface area contributed by atoms with Gasteiger partial charge in [-0.05, 0) is 18.1 Å². The molecule has 0 radical (unpaired) electrons. The second-order valence-electron chi connectivity index (χ2n) is 6.59. The van der Waals surface area contributed by atoms with Crippen LogP contribution in [0.3, 0.4) is 0 Å². The van der Waals surface area contributed by atoms with E-state index in [0.29, 0.717) is 19.6 Å². The minimum Gasteiger partial charge on any atom is -0.367 e. The van der Waals surface area contributed by atoms with E-state index in [1.807, 2.05) is 61.5 Å². The molecule has 0 N–H and O–H groups in total. The fourth-order valence-corrected chi connectivity index (χ4v) is 3.15. The third-order valence-corrected chi connectivity index (χ3v) is 4.69. The van der Waals surface area contributed by atoms with Crippen molar-refractivity contribution in [3.05, 3.63) is 71.3 Å². The smallest absolute Gasteiger partial charge is 0.256 e. The number of aryl methyl sites for hydroxylation is 1. The van der Waals surface area contributed by atoms with Gasteiger partial charge in [-0.2, -0.15) is 0 Å². The van der Waals surface area contributed by atoms with E-state index >= 15 is 0 Å². The van der Waals surface area contributed by atoms with Gasteiger partial charge in [0.15, 0.2) is 6.10 Å². The number of amides is 2. The molecule has 3 rings (SSSR count). The van der Waals surface area contributed by atoms with Gasteiger partial charge in [-0.1, -0.05) is 60.2 Å². The molecule has 5 nitrogen and oxygen atoms in total. The average Bonchev–Trinajstić information content (AvgIpc) is 2.66. The normalized spacial score (nSPS) is 15.8. The van der Waals surface area contributed by atoms with Gasteiger partial charge in [0.1, 0.15) is 0 Å². The van der Waals surface area contributed by atoms with Crippen molar-refractivity contribution >= 4 is 11.8 Å². The first kappa shape index (κ1) is 18.1. The molecule has 0 unspecified atom stereocenters. The molecule has 0 saturated carbocycles. The van der Waals surface area contributed by atoms with Crippen molar-refractivity contribution in [2.45, 2.75) is 19.6 Å². The van der Waals surface area contributed by atoms with Gasteiger partial charge in [0, 0.05) is 26.7 Å². The van der Waals surface area contributed by atoms with Crippen molar-refractivity contribution in [2.75, 3.05) is 26.7 Å². The van der Waals surface area contributed by atoms with Crippen LogP contribution in [0.4, 0.5) is 0 Å². The van der Waals surface area contributed by atoms with Gasteiger partial charge in [-0.25, -0.2) is 0 Å². The first-order valence-corrected chi connectivity index (χ1v) is 8.78. The Hall–Kier alpha value is -2.66. The average molecular weight is 352 g/mol. The lowest BCUT2D eigenvalue weighted by molar-refractivity contribution is -0.152. The maximum Gasteiger partial charge on any atom is 0.256 e. The highest BCUT2D eigenvalue weighted by Crippen LogP contribution is 2.21. The monoisotopic (exact) mass is 352 g/mol. The van der Waals surface area contributed by atoms with Crippen molar-refractivity contribution in [1.82, 2.24) is 9.80 Å². The quantitative estimate of drug-likeness (QED) is 0.831. The van der Waals surface area contributed by atoms with Gasteiger partial charge in [0.05, 0.1) is 6.54 Å². The zero-order valence-electron chi connectivity index (χ0n) is 15.2. The van der Waals surface area contributed by atoms with Crippen molar-refractivity contribution in [2.24, 2.45) is 0 Å². The fraction of sp³-hybridized carbons (Fsp3) is 0.333. The first-order chi connectivity index (χ1) is 12.6. The summed E-state index contributed by atoms with van der Waals surface area (Å²) < 4.78 is 5.40. The molecule has 1 aliphatic heterocycles. The van der Waals surface area contributed by atoms with E-state index in [1.165, 1.54) is 12.7 Å². The third kappa shape index (κ3) is 4.11. The molecule has 136 valence electrons. The molecule has 26 heavy (non-hydrogen) atoms.